The van der Waals surface area contributed by atoms with Gasteiger partial charge < -0.3 is 10.1 Å². The third-order valence-corrected chi connectivity index (χ3v) is 7.57. The van der Waals surface area contributed by atoms with Crippen LogP contribution in [-0.4, -0.2) is 33.8 Å². The highest BCUT2D eigenvalue weighted by Gasteiger charge is 2.23. The molecule has 0 unspecified atom stereocenters. The standard InChI is InChI=1S/C30H25N3O3S2/c1-2-36-29(35)27-24(21-12-6-3-7-13-21)19-37-28(27)32-26(34)20-38-30-31-25(22-14-8-4-9-15-22)18-33(30)23-16-10-5-11-17-23/h3-19H,2,20H2,1H3,(H,32,34). The minimum atomic E-state index is -0.456. The van der Waals surface area contributed by atoms with Crippen molar-refractivity contribution in [1.82, 2.24) is 9.55 Å². The average Bonchev–Trinajstić information content (AvgIpc) is 3.58. The van der Waals surface area contributed by atoms with Gasteiger partial charge in [-0.25, -0.2) is 9.78 Å². The second-order valence-corrected chi connectivity index (χ2v) is 10.1. The Morgan fingerprint density at radius 3 is 2.21 bits per heavy atom. The summed E-state index contributed by atoms with van der Waals surface area (Å²) in [7, 11) is 0. The van der Waals surface area contributed by atoms with Gasteiger partial charge in [0.2, 0.25) is 5.91 Å². The van der Waals surface area contributed by atoms with Crippen molar-refractivity contribution >= 4 is 40.0 Å². The Labute approximate surface area is 229 Å². The summed E-state index contributed by atoms with van der Waals surface area (Å²) in [5.41, 5.74) is 4.79. The molecule has 0 aliphatic rings. The molecule has 38 heavy (non-hydrogen) atoms. The van der Waals surface area contributed by atoms with Crippen molar-refractivity contribution in [2.24, 2.45) is 0 Å². The number of hydrogen-bond acceptors (Lipinski definition) is 6. The molecule has 0 saturated carbocycles. The van der Waals surface area contributed by atoms with Gasteiger partial charge in [0.15, 0.2) is 5.16 Å². The number of thioether (sulfide) groups is 1. The molecule has 3 aromatic carbocycles. The first-order chi connectivity index (χ1) is 18.6. The van der Waals surface area contributed by atoms with Crippen molar-refractivity contribution in [3.63, 3.8) is 0 Å². The minimum absolute atomic E-state index is 0.124. The number of imidazole rings is 1. The summed E-state index contributed by atoms with van der Waals surface area (Å²) in [5, 5.41) is 5.98. The molecule has 0 radical (unpaired) electrons. The second-order valence-electron chi connectivity index (χ2n) is 8.26. The van der Waals surface area contributed by atoms with Crippen LogP contribution < -0.4 is 5.32 Å². The zero-order valence-electron chi connectivity index (χ0n) is 20.7. The monoisotopic (exact) mass is 539 g/mol. The molecule has 6 nitrogen and oxygen atoms in total. The third-order valence-electron chi connectivity index (χ3n) is 5.72. The van der Waals surface area contributed by atoms with Crippen LogP contribution in [0.25, 0.3) is 28.1 Å². The first-order valence-corrected chi connectivity index (χ1v) is 14.0. The number of benzene rings is 3. The van der Waals surface area contributed by atoms with Crippen LogP contribution in [-0.2, 0) is 9.53 Å². The van der Waals surface area contributed by atoms with Crippen molar-refractivity contribution in [1.29, 1.82) is 0 Å². The highest BCUT2D eigenvalue weighted by Crippen LogP contribution is 2.36. The molecular formula is C30H25N3O3S2. The number of carbonyl (C=O) groups is 2. The molecule has 0 aliphatic heterocycles. The predicted molar refractivity (Wildman–Crippen MR) is 154 cm³/mol. The number of carbonyl (C=O) groups excluding carboxylic acids is 2. The van der Waals surface area contributed by atoms with E-state index in [1.165, 1.54) is 23.1 Å². The number of hydrogen-bond donors (Lipinski definition) is 1. The Morgan fingerprint density at radius 2 is 1.55 bits per heavy atom. The van der Waals surface area contributed by atoms with Gasteiger partial charge in [-0.1, -0.05) is 90.6 Å². The molecule has 0 saturated heterocycles. The lowest BCUT2D eigenvalue weighted by molar-refractivity contribution is -0.113. The van der Waals surface area contributed by atoms with Gasteiger partial charge in [-0.2, -0.15) is 0 Å². The predicted octanol–water partition coefficient (Wildman–Crippen LogP) is 7.18. The Bertz CT molecular complexity index is 1530. The highest BCUT2D eigenvalue weighted by molar-refractivity contribution is 7.99. The molecule has 0 aliphatic carbocycles. The molecule has 0 atom stereocenters. The molecule has 190 valence electrons. The first-order valence-electron chi connectivity index (χ1n) is 12.1. The number of amides is 1. The zero-order chi connectivity index (χ0) is 26.3. The third kappa shape index (κ3) is 5.72. The van der Waals surface area contributed by atoms with Gasteiger partial charge in [-0.05, 0) is 24.6 Å². The number of ether oxygens (including phenoxy) is 1. The number of nitrogens with one attached hydrogen (secondary N) is 1. The maximum atomic E-state index is 13.1. The van der Waals surface area contributed by atoms with E-state index in [0.717, 1.165) is 28.1 Å². The number of rotatable bonds is 9. The summed E-state index contributed by atoms with van der Waals surface area (Å²) in [6.07, 6.45) is 1.98. The fourth-order valence-corrected chi connectivity index (χ4v) is 5.73. The van der Waals surface area contributed by atoms with Gasteiger partial charge >= 0.3 is 5.97 Å². The molecule has 0 spiro atoms. The van der Waals surface area contributed by atoms with Crippen LogP contribution in [0.4, 0.5) is 5.00 Å². The lowest BCUT2D eigenvalue weighted by atomic mass is 10.0. The molecule has 0 bridgehead atoms. The van der Waals surface area contributed by atoms with Gasteiger partial charge in [0.25, 0.3) is 0 Å². The van der Waals surface area contributed by atoms with Crippen molar-refractivity contribution in [2.75, 3.05) is 17.7 Å². The van der Waals surface area contributed by atoms with E-state index in [-0.39, 0.29) is 18.3 Å². The average molecular weight is 540 g/mol. The number of anilines is 1. The molecule has 1 amide bonds. The van der Waals surface area contributed by atoms with E-state index in [9.17, 15) is 9.59 Å². The molecule has 5 rings (SSSR count). The topological polar surface area (TPSA) is 73.2 Å². The number of esters is 1. The Morgan fingerprint density at radius 1 is 0.921 bits per heavy atom. The quantitative estimate of drug-likeness (QED) is 0.159. The molecular weight excluding hydrogens is 514 g/mol. The van der Waals surface area contributed by atoms with E-state index in [0.29, 0.717) is 15.7 Å². The van der Waals surface area contributed by atoms with Crippen LogP contribution in [0, 0.1) is 0 Å². The molecule has 2 heterocycles. The van der Waals surface area contributed by atoms with Crippen molar-refractivity contribution in [3.05, 3.63) is 108 Å². The number of para-hydroxylation sites is 1. The summed E-state index contributed by atoms with van der Waals surface area (Å²) >= 11 is 2.65. The summed E-state index contributed by atoms with van der Waals surface area (Å²) in [5.74, 6) is -0.563. The van der Waals surface area contributed by atoms with Crippen molar-refractivity contribution in [2.45, 2.75) is 12.1 Å². The summed E-state index contributed by atoms with van der Waals surface area (Å²) < 4.78 is 7.30. The number of thiophene rings is 1. The van der Waals surface area contributed by atoms with Crippen LogP contribution >= 0.6 is 23.1 Å². The maximum Gasteiger partial charge on any atom is 0.341 e. The van der Waals surface area contributed by atoms with Crippen LogP contribution in [0.2, 0.25) is 0 Å². The van der Waals surface area contributed by atoms with Gasteiger partial charge in [0.05, 0.1) is 18.1 Å². The van der Waals surface area contributed by atoms with Gasteiger partial charge in [0, 0.05) is 28.4 Å². The lowest BCUT2D eigenvalue weighted by Gasteiger charge is -2.09. The van der Waals surface area contributed by atoms with E-state index < -0.39 is 5.97 Å². The summed E-state index contributed by atoms with van der Waals surface area (Å²) in [6.45, 7) is 2.01. The summed E-state index contributed by atoms with van der Waals surface area (Å²) in [6, 6.07) is 29.5. The minimum Gasteiger partial charge on any atom is -0.462 e. The number of aromatic nitrogens is 2. The van der Waals surface area contributed by atoms with Crippen LogP contribution in [0.1, 0.15) is 17.3 Å². The fraction of sp³-hybridized carbons (Fsp3) is 0.100. The van der Waals surface area contributed by atoms with E-state index in [1.807, 2.05) is 107 Å². The van der Waals surface area contributed by atoms with Gasteiger partial charge in [-0.3, -0.25) is 9.36 Å². The summed E-state index contributed by atoms with van der Waals surface area (Å²) in [4.78, 5) is 30.7. The fourth-order valence-electron chi connectivity index (χ4n) is 3.97. The molecule has 1 N–H and O–H groups in total. The van der Waals surface area contributed by atoms with E-state index in [4.69, 9.17) is 9.72 Å². The van der Waals surface area contributed by atoms with E-state index in [2.05, 4.69) is 5.32 Å². The zero-order valence-corrected chi connectivity index (χ0v) is 22.3. The van der Waals surface area contributed by atoms with Crippen LogP contribution in [0.15, 0.2) is 108 Å². The Balaban J connectivity index is 1.38. The SMILES string of the molecule is CCOC(=O)c1c(-c2ccccc2)csc1NC(=O)CSc1nc(-c2ccccc2)cn1-c1ccccc1. The largest absolute Gasteiger partial charge is 0.462 e. The normalized spacial score (nSPS) is 10.8. The van der Waals surface area contributed by atoms with E-state index >= 15 is 0 Å². The van der Waals surface area contributed by atoms with Crippen LogP contribution in [0.3, 0.4) is 0 Å². The second kappa shape index (κ2) is 11.9. The van der Waals surface area contributed by atoms with E-state index in [1.54, 1.807) is 6.92 Å². The Kier molecular flexibility index (Phi) is 8.01. The Hall–Kier alpha value is -4.14. The van der Waals surface area contributed by atoms with Gasteiger partial charge in [-0.15, -0.1) is 11.3 Å². The van der Waals surface area contributed by atoms with Crippen molar-refractivity contribution in [3.8, 4) is 28.1 Å². The maximum absolute atomic E-state index is 13.1. The van der Waals surface area contributed by atoms with Crippen LogP contribution in [0.5, 0.6) is 0 Å². The lowest BCUT2D eigenvalue weighted by Crippen LogP contribution is -2.16. The highest BCUT2D eigenvalue weighted by atomic mass is 32.2. The molecule has 0 fully saturated rings. The first kappa shape index (κ1) is 25.5. The molecule has 5 aromatic rings. The molecule has 8 heteroatoms. The number of nitrogens with zero attached hydrogens (tertiary/aromatic N) is 2. The smallest absolute Gasteiger partial charge is 0.341 e. The van der Waals surface area contributed by atoms with Gasteiger partial charge in [0.1, 0.15) is 10.6 Å². The van der Waals surface area contributed by atoms with Crippen molar-refractivity contribution < 1.29 is 14.3 Å². The molecule has 2 aromatic heterocycles.